The fourth-order valence-corrected chi connectivity index (χ4v) is 3.32. The first-order valence-corrected chi connectivity index (χ1v) is 10.4. The summed E-state index contributed by atoms with van der Waals surface area (Å²) in [5, 5.41) is 30.2. The van der Waals surface area contributed by atoms with E-state index >= 15 is 0 Å². The lowest BCUT2D eigenvalue weighted by Gasteiger charge is -2.08. The van der Waals surface area contributed by atoms with E-state index in [1.54, 1.807) is 0 Å². The van der Waals surface area contributed by atoms with Crippen LogP contribution in [0, 0.1) is 0 Å². The van der Waals surface area contributed by atoms with Crippen molar-refractivity contribution in [3.63, 3.8) is 0 Å². The van der Waals surface area contributed by atoms with Gasteiger partial charge in [0.15, 0.2) is 17.2 Å². The maximum atomic E-state index is 12.4. The Labute approximate surface area is 175 Å². The first kappa shape index (κ1) is 23.3. The molecule has 0 fully saturated rings. The van der Waals surface area contributed by atoms with Gasteiger partial charge in [0.2, 0.25) is 11.2 Å². The number of ether oxygens (including phenoxy) is 2. The second-order valence-corrected chi connectivity index (χ2v) is 7.31. The smallest absolute Gasteiger partial charge is 0.338 e. The molecular weight excluding hydrogens is 388 g/mol. The maximum absolute atomic E-state index is 12.4. The topological polar surface area (TPSA) is 113 Å². The molecular formula is C23H30O7. The van der Waals surface area contributed by atoms with Gasteiger partial charge in [-0.05, 0) is 23.9 Å². The highest BCUT2D eigenvalue weighted by molar-refractivity contribution is 6.00. The summed E-state index contributed by atoms with van der Waals surface area (Å²) >= 11 is 0. The van der Waals surface area contributed by atoms with Gasteiger partial charge in [-0.25, -0.2) is 4.79 Å². The summed E-state index contributed by atoms with van der Waals surface area (Å²) in [5.74, 6) is -2.84. The largest absolute Gasteiger partial charge is 0.504 e. The molecule has 164 valence electrons. The number of fused-ring (bicyclic) bond motifs is 1. The number of phenols is 2. The molecule has 0 spiro atoms. The lowest BCUT2D eigenvalue weighted by molar-refractivity contribution is 0.0498. The number of carbonyl (C=O) groups is 1. The second-order valence-electron chi connectivity index (χ2n) is 7.31. The summed E-state index contributed by atoms with van der Waals surface area (Å²) in [7, 11) is 1.29. The number of hydrogen-bond donors (Lipinski definition) is 3. The van der Waals surface area contributed by atoms with E-state index in [1.807, 2.05) is 0 Å². The lowest BCUT2D eigenvalue weighted by atomic mass is 10.1. The lowest BCUT2D eigenvalue weighted by Crippen LogP contribution is -2.08. The predicted molar refractivity (Wildman–Crippen MR) is 115 cm³/mol. The van der Waals surface area contributed by atoms with Crippen LogP contribution in [-0.4, -0.2) is 35.0 Å². The van der Waals surface area contributed by atoms with Crippen LogP contribution in [0.1, 0.15) is 68.6 Å². The molecule has 30 heavy (non-hydrogen) atoms. The predicted octanol–water partition coefficient (Wildman–Crippen LogP) is 4.62. The number of aromatic hydroxyl groups is 3. The summed E-state index contributed by atoms with van der Waals surface area (Å²) in [4.78, 5) is 24.6. The minimum Gasteiger partial charge on any atom is -0.504 e. The Morgan fingerprint density at radius 1 is 0.867 bits per heavy atom. The molecule has 2 rings (SSSR count). The van der Waals surface area contributed by atoms with Crippen molar-refractivity contribution in [1.82, 2.24) is 0 Å². The number of unbranched alkanes of at least 4 members (excludes halogenated alkanes) is 7. The van der Waals surface area contributed by atoms with Crippen molar-refractivity contribution in [2.75, 3.05) is 13.7 Å². The molecule has 0 amide bonds. The molecule has 2 aromatic carbocycles. The summed E-state index contributed by atoms with van der Waals surface area (Å²) in [6.07, 6.45) is 8.93. The van der Waals surface area contributed by atoms with Gasteiger partial charge in [0, 0.05) is 6.07 Å². The molecule has 7 nitrogen and oxygen atoms in total. The fraction of sp³-hybridized carbons (Fsp3) is 0.478. The van der Waals surface area contributed by atoms with Crippen molar-refractivity contribution in [2.24, 2.45) is 0 Å². The normalized spacial score (nSPS) is 10.9. The average molecular weight is 418 g/mol. The Bertz CT molecular complexity index is 937. The van der Waals surface area contributed by atoms with Crippen LogP contribution in [0.3, 0.4) is 0 Å². The molecule has 0 bridgehead atoms. The number of rotatable bonds is 11. The quantitative estimate of drug-likeness (QED) is 0.277. The van der Waals surface area contributed by atoms with Crippen molar-refractivity contribution in [3.05, 3.63) is 34.0 Å². The summed E-state index contributed by atoms with van der Waals surface area (Å²) in [6.45, 7) is 2.42. The average Bonchev–Trinajstić information content (AvgIpc) is 2.85. The van der Waals surface area contributed by atoms with E-state index in [4.69, 9.17) is 9.47 Å². The number of phenolic OH excluding ortho intramolecular Hbond substituents is 2. The summed E-state index contributed by atoms with van der Waals surface area (Å²) in [6, 6.07) is 3.58. The van der Waals surface area contributed by atoms with Crippen LogP contribution in [-0.2, 0) is 4.74 Å². The number of benzene rings is 1. The zero-order valence-electron chi connectivity index (χ0n) is 17.6. The zero-order chi connectivity index (χ0) is 22.1. The number of carbonyl (C=O) groups excluding carboxylic acids is 1. The van der Waals surface area contributed by atoms with Crippen molar-refractivity contribution < 1.29 is 29.6 Å². The molecule has 0 saturated heterocycles. The van der Waals surface area contributed by atoms with E-state index in [0.717, 1.165) is 25.3 Å². The van der Waals surface area contributed by atoms with Gasteiger partial charge in [-0.3, -0.25) is 4.79 Å². The number of hydrogen-bond acceptors (Lipinski definition) is 7. The molecule has 0 aliphatic carbocycles. The van der Waals surface area contributed by atoms with E-state index in [1.165, 1.54) is 51.3 Å². The van der Waals surface area contributed by atoms with Crippen LogP contribution >= 0.6 is 0 Å². The monoisotopic (exact) mass is 418 g/mol. The van der Waals surface area contributed by atoms with E-state index in [2.05, 4.69) is 6.92 Å². The van der Waals surface area contributed by atoms with Crippen molar-refractivity contribution in [1.29, 1.82) is 0 Å². The molecule has 0 unspecified atom stereocenters. The van der Waals surface area contributed by atoms with Gasteiger partial charge >= 0.3 is 5.97 Å². The third-order valence-electron chi connectivity index (χ3n) is 5.02. The Balaban J connectivity index is 2.09. The van der Waals surface area contributed by atoms with Crippen LogP contribution < -0.4 is 10.2 Å². The van der Waals surface area contributed by atoms with Crippen LogP contribution in [0.25, 0.3) is 10.8 Å². The van der Waals surface area contributed by atoms with Crippen LogP contribution in [0.5, 0.6) is 23.0 Å². The Morgan fingerprint density at radius 2 is 1.50 bits per heavy atom. The van der Waals surface area contributed by atoms with Gasteiger partial charge in [0.1, 0.15) is 0 Å². The van der Waals surface area contributed by atoms with E-state index in [-0.39, 0.29) is 28.7 Å². The molecule has 0 radical (unpaired) electrons. The molecule has 0 aliphatic rings. The Morgan fingerprint density at radius 3 is 2.13 bits per heavy atom. The number of esters is 1. The minimum atomic E-state index is -0.871. The fourth-order valence-electron chi connectivity index (χ4n) is 3.32. The van der Waals surface area contributed by atoms with Gasteiger partial charge in [-0.15, -0.1) is 0 Å². The second kappa shape index (κ2) is 11.3. The summed E-state index contributed by atoms with van der Waals surface area (Å²) < 4.78 is 10.2. The van der Waals surface area contributed by atoms with Crippen LogP contribution in [0.4, 0.5) is 0 Å². The highest BCUT2D eigenvalue weighted by atomic mass is 16.5. The number of methoxy groups -OCH3 is 1. The van der Waals surface area contributed by atoms with E-state index in [9.17, 15) is 24.9 Å². The zero-order valence-corrected chi connectivity index (χ0v) is 17.6. The Kier molecular flexibility index (Phi) is 8.77. The van der Waals surface area contributed by atoms with Crippen molar-refractivity contribution in [2.45, 2.75) is 58.3 Å². The van der Waals surface area contributed by atoms with Gasteiger partial charge in [-0.2, -0.15) is 0 Å². The molecule has 3 N–H and O–H groups in total. The minimum absolute atomic E-state index is 0.0583. The van der Waals surface area contributed by atoms with Crippen molar-refractivity contribution in [3.8, 4) is 23.0 Å². The molecule has 0 saturated carbocycles. The molecule has 0 aromatic heterocycles. The molecule has 7 heteroatoms. The van der Waals surface area contributed by atoms with Gasteiger partial charge in [0.25, 0.3) is 0 Å². The van der Waals surface area contributed by atoms with E-state index < -0.39 is 28.6 Å². The van der Waals surface area contributed by atoms with Gasteiger partial charge in [0.05, 0.1) is 24.7 Å². The van der Waals surface area contributed by atoms with E-state index in [0.29, 0.717) is 0 Å². The first-order valence-electron chi connectivity index (χ1n) is 10.4. The SMILES string of the molecule is CCCCCCCCCCOC(=O)c1cc(=O)c(O)c2c(O)c(O)c(OC)cc2c1. The molecule has 0 atom stereocenters. The van der Waals surface area contributed by atoms with Crippen LogP contribution in [0.2, 0.25) is 0 Å². The highest BCUT2D eigenvalue weighted by Crippen LogP contribution is 2.43. The van der Waals surface area contributed by atoms with Crippen molar-refractivity contribution >= 4 is 16.7 Å². The van der Waals surface area contributed by atoms with Gasteiger partial charge in [-0.1, -0.05) is 51.9 Å². The first-order chi connectivity index (χ1) is 14.4. The molecule has 0 heterocycles. The third-order valence-corrected chi connectivity index (χ3v) is 5.02. The Hall–Kier alpha value is -2.96. The highest BCUT2D eigenvalue weighted by Gasteiger charge is 2.19. The van der Waals surface area contributed by atoms with Gasteiger partial charge < -0.3 is 24.8 Å². The third kappa shape index (κ3) is 5.78. The maximum Gasteiger partial charge on any atom is 0.338 e. The summed E-state index contributed by atoms with van der Waals surface area (Å²) in [5.41, 5.74) is -0.930. The standard InChI is InChI=1S/C23H30O7/c1-3-4-5-6-7-8-9-10-11-30-23(28)16-12-15-14-18(29-2)21(26)22(27)19(15)20(25)17(24)13-16/h12-14,26-27H,3-11H2,1-2H3,(H,24,25). The molecule has 0 aliphatic heterocycles. The molecule has 2 aromatic rings. The van der Waals surface area contributed by atoms with Crippen LogP contribution in [0.15, 0.2) is 23.0 Å².